The first-order valence-electron chi connectivity index (χ1n) is 9.55. The first kappa shape index (κ1) is 18.1. The van der Waals surface area contributed by atoms with Crippen LogP contribution in [-0.2, 0) is 11.3 Å². The molecule has 2 saturated heterocycles. The Morgan fingerprint density at radius 1 is 1.16 bits per heavy atom. The second-order valence-corrected chi connectivity index (χ2v) is 7.26. The van der Waals surface area contributed by atoms with E-state index in [9.17, 15) is 4.79 Å². The molecule has 0 spiro atoms. The van der Waals surface area contributed by atoms with Crippen molar-refractivity contribution in [2.24, 2.45) is 5.92 Å². The van der Waals surface area contributed by atoms with Crippen molar-refractivity contribution in [2.75, 3.05) is 40.4 Å². The number of nitrogens with one attached hydrogen (secondary N) is 1. The van der Waals surface area contributed by atoms with Gasteiger partial charge in [0.1, 0.15) is 6.54 Å². The maximum Gasteiger partial charge on any atom is 0.231 e. The van der Waals surface area contributed by atoms with Gasteiger partial charge in [-0.3, -0.25) is 4.79 Å². The zero-order chi connectivity index (χ0) is 17.6. The van der Waals surface area contributed by atoms with E-state index >= 15 is 0 Å². The summed E-state index contributed by atoms with van der Waals surface area (Å²) in [5.74, 6) is 2.16. The van der Waals surface area contributed by atoms with Crippen molar-refractivity contribution in [2.45, 2.75) is 38.6 Å². The lowest BCUT2D eigenvalue weighted by Gasteiger charge is -2.34. The Balaban J connectivity index is 1.65. The Morgan fingerprint density at radius 2 is 1.96 bits per heavy atom. The molecule has 2 atom stereocenters. The van der Waals surface area contributed by atoms with Crippen molar-refractivity contribution in [1.29, 1.82) is 0 Å². The molecule has 25 heavy (non-hydrogen) atoms. The molecule has 0 saturated carbocycles. The molecular formula is C20H31N2O3+. The van der Waals surface area contributed by atoms with Gasteiger partial charge in [0.15, 0.2) is 11.5 Å². The number of amides is 1. The van der Waals surface area contributed by atoms with Gasteiger partial charge in [-0.2, -0.15) is 0 Å². The van der Waals surface area contributed by atoms with E-state index in [1.807, 2.05) is 12.1 Å². The van der Waals surface area contributed by atoms with Crippen LogP contribution in [0.5, 0.6) is 11.5 Å². The summed E-state index contributed by atoms with van der Waals surface area (Å²) in [4.78, 5) is 16.4. The molecule has 2 aliphatic rings. The number of carbonyl (C=O) groups excluding carboxylic acids is 1. The fourth-order valence-electron chi connectivity index (χ4n) is 4.26. The Bertz CT molecular complexity index is 584. The van der Waals surface area contributed by atoms with Gasteiger partial charge in [-0.1, -0.05) is 6.07 Å². The van der Waals surface area contributed by atoms with Gasteiger partial charge in [0, 0.05) is 13.1 Å². The first-order chi connectivity index (χ1) is 12.2. The standard InChI is InChI=1S/C20H30N2O3/c1-24-18-10-6-8-16(19(18)25-2)14-21-11-7-9-17(15-21)20(23)22-12-4-3-5-13-22/h6,8,10,17H,3-5,7,9,11-15H2,1-2H3/p+1/t17-/m1/s1. The third-order valence-electron chi connectivity index (χ3n) is 5.56. The second-order valence-electron chi connectivity index (χ2n) is 7.26. The van der Waals surface area contributed by atoms with Crippen LogP contribution in [0.1, 0.15) is 37.7 Å². The van der Waals surface area contributed by atoms with E-state index in [2.05, 4.69) is 11.0 Å². The van der Waals surface area contributed by atoms with Crippen molar-refractivity contribution in [3.63, 3.8) is 0 Å². The highest BCUT2D eigenvalue weighted by Crippen LogP contribution is 2.30. The zero-order valence-electron chi connectivity index (χ0n) is 15.6. The summed E-state index contributed by atoms with van der Waals surface area (Å²) in [5, 5.41) is 0. The number of carbonyl (C=O) groups is 1. The summed E-state index contributed by atoms with van der Waals surface area (Å²) >= 11 is 0. The molecule has 1 amide bonds. The van der Waals surface area contributed by atoms with Crippen LogP contribution in [0.2, 0.25) is 0 Å². The van der Waals surface area contributed by atoms with E-state index in [1.54, 1.807) is 14.2 Å². The first-order valence-corrected chi connectivity index (χ1v) is 9.55. The summed E-state index contributed by atoms with van der Waals surface area (Å²) in [6.45, 7) is 4.83. The van der Waals surface area contributed by atoms with E-state index in [0.717, 1.165) is 75.5 Å². The fourth-order valence-corrected chi connectivity index (χ4v) is 4.26. The van der Waals surface area contributed by atoms with E-state index < -0.39 is 0 Å². The zero-order valence-corrected chi connectivity index (χ0v) is 15.6. The molecule has 1 aromatic carbocycles. The van der Waals surface area contributed by atoms with Gasteiger partial charge in [0.05, 0.1) is 38.8 Å². The van der Waals surface area contributed by atoms with Crippen LogP contribution in [0.15, 0.2) is 18.2 Å². The maximum atomic E-state index is 12.8. The molecule has 0 aromatic heterocycles. The van der Waals surface area contributed by atoms with Crippen LogP contribution >= 0.6 is 0 Å². The Kier molecular flexibility index (Phi) is 6.19. The summed E-state index contributed by atoms with van der Waals surface area (Å²) < 4.78 is 11.0. The molecule has 1 N–H and O–H groups in total. The SMILES string of the molecule is COc1cccc(C[NH+]2CCC[C@@H](C(=O)N3CCCCC3)C2)c1OC. The molecule has 0 bridgehead atoms. The van der Waals surface area contributed by atoms with Crippen molar-refractivity contribution < 1.29 is 19.2 Å². The topological polar surface area (TPSA) is 43.2 Å². The number of nitrogens with zero attached hydrogens (tertiary/aromatic N) is 1. The lowest BCUT2D eigenvalue weighted by Crippen LogP contribution is -3.12. The lowest BCUT2D eigenvalue weighted by atomic mass is 9.95. The molecule has 2 aliphatic heterocycles. The minimum Gasteiger partial charge on any atom is -0.493 e. The summed E-state index contributed by atoms with van der Waals surface area (Å²) in [6, 6.07) is 6.04. The molecule has 0 radical (unpaired) electrons. The monoisotopic (exact) mass is 347 g/mol. The van der Waals surface area contributed by atoms with Gasteiger partial charge in [-0.05, 0) is 44.2 Å². The number of likely N-dealkylation sites (tertiary alicyclic amines) is 2. The van der Waals surface area contributed by atoms with Gasteiger partial charge >= 0.3 is 0 Å². The van der Waals surface area contributed by atoms with Gasteiger partial charge in [0.25, 0.3) is 0 Å². The molecule has 2 heterocycles. The predicted molar refractivity (Wildman–Crippen MR) is 97.1 cm³/mol. The summed E-state index contributed by atoms with van der Waals surface area (Å²) in [5.41, 5.74) is 1.16. The number of quaternary nitrogens is 1. The highest BCUT2D eigenvalue weighted by molar-refractivity contribution is 5.79. The highest BCUT2D eigenvalue weighted by atomic mass is 16.5. The highest BCUT2D eigenvalue weighted by Gasteiger charge is 2.32. The minimum atomic E-state index is 0.179. The van der Waals surface area contributed by atoms with Crippen molar-refractivity contribution >= 4 is 5.91 Å². The number of methoxy groups -OCH3 is 2. The van der Waals surface area contributed by atoms with Crippen molar-refractivity contribution in [3.05, 3.63) is 23.8 Å². The van der Waals surface area contributed by atoms with Gasteiger partial charge in [-0.25, -0.2) is 0 Å². The number of rotatable bonds is 5. The van der Waals surface area contributed by atoms with Crippen LogP contribution in [-0.4, -0.2) is 51.2 Å². The number of hydrogen-bond acceptors (Lipinski definition) is 3. The van der Waals surface area contributed by atoms with Gasteiger partial charge < -0.3 is 19.3 Å². The van der Waals surface area contributed by atoms with Crippen LogP contribution in [0.3, 0.4) is 0 Å². The van der Waals surface area contributed by atoms with E-state index in [-0.39, 0.29) is 5.92 Å². The number of hydrogen-bond donors (Lipinski definition) is 1. The molecule has 5 heteroatoms. The number of piperidine rings is 2. The predicted octanol–water partition coefficient (Wildman–Crippen LogP) is 1.51. The van der Waals surface area contributed by atoms with E-state index in [4.69, 9.17) is 9.47 Å². The Labute approximate surface area is 150 Å². The maximum absolute atomic E-state index is 12.8. The normalized spacial score (nSPS) is 24.0. The lowest BCUT2D eigenvalue weighted by molar-refractivity contribution is -0.921. The summed E-state index contributed by atoms with van der Waals surface area (Å²) in [7, 11) is 3.36. The van der Waals surface area contributed by atoms with Crippen molar-refractivity contribution in [3.8, 4) is 11.5 Å². The average Bonchev–Trinajstić information content (AvgIpc) is 2.68. The van der Waals surface area contributed by atoms with Crippen molar-refractivity contribution in [1.82, 2.24) is 4.90 Å². The molecule has 138 valence electrons. The Hall–Kier alpha value is -1.75. The molecule has 0 aliphatic carbocycles. The van der Waals surface area contributed by atoms with Crippen LogP contribution in [0.4, 0.5) is 0 Å². The van der Waals surface area contributed by atoms with Crippen LogP contribution in [0.25, 0.3) is 0 Å². The number of benzene rings is 1. The fraction of sp³-hybridized carbons (Fsp3) is 0.650. The molecule has 1 aromatic rings. The van der Waals surface area contributed by atoms with Crippen LogP contribution in [0, 0.1) is 5.92 Å². The molecule has 2 fully saturated rings. The molecular weight excluding hydrogens is 316 g/mol. The smallest absolute Gasteiger partial charge is 0.231 e. The van der Waals surface area contributed by atoms with Gasteiger partial charge in [-0.15, -0.1) is 0 Å². The van der Waals surface area contributed by atoms with E-state index in [0.29, 0.717) is 5.91 Å². The third kappa shape index (κ3) is 4.27. The Morgan fingerprint density at radius 3 is 2.68 bits per heavy atom. The van der Waals surface area contributed by atoms with Crippen LogP contribution < -0.4 is 14.4 Å². The largest absolute Gasteiger partial charge is 0.493 e. The summed E-state index contributed by atoms with van der Waals surface area (Å²) in [6.07, 6.45) is 5.74. The average molecular weight is 347 g/mol. The van der Waals surface area contributed by atoms with Gasteiger partial charge in [0.2, 0.25) is 5.91 Å². The second kappa shape index (κ2) is 8.56. The number of para-hydroxylation sites is 1. The minimum absolute atomic E-state index is 0.179. The quantitative estimate of drug-likeness (QED) is 0.878. The third-order valence-corrected chi connectivity index (χ3v) is 5.56. The molecule has 3 rings (SSSR count). The molecule has 5 nitrogen and oxygen atoms in total. The molecule has 1 unspecified atom stereocenters. The number of ether oxygens (including phenoxy) is 2. The van der Waals surface area contributed by atoms with E-state index in [1.165, 1.54) is 11.3 Å².